The number of carbonyl (C=O) groups is 1. The first-order valence-corrected chi connectivity index (χ1v) is 12.8. The zero-order chi connectivity index (χ0) is 22.6. The lowest BCUT2D eigenvalue weighted by atomic mass is 9.45. The van der Waals surface area contributed by atoms with Crippen LogP contribution < -0.4 is 0 Å². The van der Waals surface area contributed by atoms with E-state index in [9.17, 15) is 15.0 Å². The van der Waals surface area contributed by atoms with Crippen molar-refractivity contribution in [2.24, 2.45) is 52.3 Å². The van der Waals surface area contributed by atoms with Gasteiger partial charge in [0.1, 0.15) is 0 Å². The fourth-order valence-corrected chi connectivity index (χ4v) is 8.20. The summed E-state index contributed by atoms with van der Waals surface area (Å²) in [5.74, 6) is 3.31. The lowest BCUT2D eigenvalue weighted by Crippen LogP contribution is -2.58. The molecule has 0 spiro atoms. The normalized spacial score (nSPS) is 46.6. The molecule has 9 atom stereocenters. The minimum Gasteiger partial charge on any atom is -0.396 e. The predicted molar refractivity (Wildman–Crippen MR) is 125 cm³/mol. The highest BCUT2D eigenvalue weighted by Crippen LogP contribution is 2.68. The summed E-state index contributed by atoms with van der Waals surface area (Å²) >= 11 is 0. The molecule has 0 saturated heterocycles. The van der Waals surface area contributed by atoms with Gasteiger partial charge in [0.15, 0.2) is 5.78 Å². The Bertz CT molecular complexity index is 753. The topological polar surface area (TPSA) is 57.5 Å². The molecule has 4 aliphatic rings. The van der Waals surface area contributed by atoms with Crippen LogP contribution in [0.3, 0.4) is 0 Å². The summed E-state index contributed by atoms with van der Waals surface area (Å²) in [6.45, 7) is 11.4. The van der Waals surface area contributed by atoms with Gasteiger partial charge in [0.2, 0.25) is 0 Å². The van der Waals surface area contributed by atoms with E-state index in [1.165, 1.54) is 6.42 Å². The standard InChI is InChI=1S/C28H44O3/c1-18(2)19(3)6-7-21(17-29)28(31)15-12-25-23-9-8-20-16-22(30)10-13-26(20,4)24(23)11-14-27(25,28)5/h6-7,10,13,18-21,23-25,29,31H,8-9,11-12,14-17H2,1-5H3. The van der Waals surface area contributed by atoms with Gasteiger partial charge in [0.25, 0.3) is 0 Å². The van der Waals surface area contributed by atoms with E-state index in [2.05, 4.69) is 52.8 Å². The van der Waals surface area contributed by atoms with Crippen molar-refractivity contribution >= 4 is 5.78 Å². The minimum absolute atomic E-state index is 0.0128. The van der Waals surface area contributed by atoms with Crippen LogP contribution in [0.15, 0.2) is 24.3 Å². The third-order valence-corrected chi connectivity index (χ3v) is 10.8. The first-order chi connectivity index (χ1) is 14.6. The summed E-state index contributed by atoms with van der Waals surface area (Å²) < 4.78 is 0. The van der Waals surface area contributed by atoms with E-state index in [0.29, 0.717) is 47.7 Å². The first kappa shape index (κ1) is 23.2. The number of aliphatic hydroxyl groups excluding tert-OH is 1. The van der Waals surface area contributed by atoms with Crippen molar-refractivity contribution in [3.05, 3.63) is 24.3 Å². The smallest absolute Gasteiger partial charge is 0.155 e. The van der Waals surface area contributed by atoms with Crippen molar-refractivity contribution in [2.45, 2.75) is 85.2 Å². The zero-order valence-electron chi connectivity index (χ0n) is 20.3. The molecule has 0 aromatic rings. The number of rotatable bonds is 5. The SMILES string of the molecule is CC(C)C(C)C=CC(CO)C1(O)CCC2C3CCC4CC(=O)C=CC4(C)C3CCC21C. The number of carbonyl (C=O) groups excluding carboxylic acids is 1. The van der Waals surface area contributed by atoms with E-state index in [4.69, 9.17) is 0 Å². The Kier molecular flexibility index (Phi) is 6.10. The quantitative estimate of drug-likeness (QED) is 0.564. The Hall–Kier alpha value is -0.930. The molecular formula is C28H44O3. The second kappa shape index (κ2) is 8.13. The van der Waals surface area contributed by atoms with E-state index in [1.54, 1.807) is 0 Å². The molecule has 4 rings (SSSR count). The number of aliphatic hydroxyl groups is 2. The van der Waals surface area contributed by atoms with Gasteiger partial charge >= 0.3 is 0 Å². The van der Waals surface area contributed by atoms with Gasteiger partial charge in [-0.15, -0.1) is 0 Å². The van der Waals surface area contributed by atoms with Crippen molar-refractivity contribution in [1.29, 1.82) is 0 Å². The van der Waals surface area contributed by atoms with E-state index in [0.717, 1.165) is 32.1 Å². The second-order valence-electron chi connectivity index (χ2n) is 12.2. The summed E-state index contributed by atoms with van der Waals surface area (Å²) in [6.07, 6.45) is 15.4. The Morgan fingerprint density at radius 3 is 2.45 bits per heavy atom. The van der Waals surface area contributed by atoms with Crippen LogP contribution in [-0.2, 0) is 4.79 Å². The van der Waals surface area contributed by atoms with Gasteiger partial charge in [-0.05, 0) is 85.5 Å². The van der Waals surface area contributed by atoms with Crippen LogP contribution in [0, 0.1) is 52.3 Å². The molecule has 4 aliphatic carbocycles. The summed E-state index contributed by atoms with van der Waals surface area (Å²) in [7, 11) is 0. The number of fused-ring (bicyclic) bond motifs is 5. The Morgan fingerprint density at radius 2 is 1.77 bits per heavy atom. The molecule has 31 heavy (non-hydrogen) atoms. The molecule has 0 aromatic carbocycles. The largest absolute Gasteiger partial charge is 0.396 e. The monoisotopic (exact) mass is 428 g/mol. The lowest BCUT2D eigenvalue weighted by Gasteiger charge is -2.60. The van der Waals surface area contributed by atoms with Crippen LogP contribution in [0.1, 0.15) is 79.6 Å². The second-order valence-corrected chi connectivity index (χ2v) is 12.2. The Labute approximate surface area is 189 Å². The van der Waals surface area contributed by atoms with Gasteiger partial charge in [0, 0.05) is 17.8 Å². The number of hydrogen-bond donors (Lipinski definition) is 2. The van der Waals surface area contributed by atoms with Crippen LogP contribution in [-0.4, -0.2) is 28.2 Å². The third kappa shape index (κ3) is 3.50. The van der Waals surface area contributed by atoms with Crippen LogP contribution in [0.25, 0.3) is 0 Å². The Morgan fingerprint density at radius 1 is 1.06 bits per heavy atom. The maximum atomic E-state index is 12.1. The molecule has 3 fully saturated rings. The minimum atomic E-state index is -0.833. The van der Waals surface area contributed by atoms with Crippen LogP contribution >= 0.6 is 0 Å². The summed E-state index contributed by atoms with van der Waals surface area (Å²) in [4.78, 5) is 12.0. The van der Waals surface area contributed by atoms with E-state index < -0.39 is 5.60 Å². The van der Waals surface area contributed by atoms with Crippen LogP contribution in [0.5, 0.6) is 0 Å². The highest BCUT2D eigenvalue weighted by molar-refractivity contribution is 5.91. The molecular weight excluding hydrogens is 384 g/mol. The van der Waals surface area contributed by atoms with Gasteiger partial charge in [-0.3, -0.25) is 4.79 Å². The summed E-state index contributed by atoms with van der Waals surface area (Å²) in [5, 5.41) is 22.4. The van der Waals surface area contributed by atoms with Gasteiger partial charge < -0.3 is 10.2 Å². The maximum Gasteiger partial charge on any atom is 0.155 e. The predicted octanol–water partition coefficient (Wildman–Crippen LogP) is 5.56. The molecule has 9 unspecified atom stereocenters. The number of hydrogen-bond acceptors (Lipinski definition) is 3. The molecule has 2 N–H and O–H groups in total. The average molecular weight is 429 g/mol. The highest BCUT2D eigenvalue weighted by atomic mass is 16.3. The van der Waals surface area contributed by atoms with Crippen LogP contribution in [0.2, 0.25) is 0 Å². The molecule has 0 aliphatic heterocycles. The van der Waals surface area contributed by atoms with Gasteiger partial charge in [-0.25, -0.2) is 0 Å². The summed E-state index contributed by atoms with van der Waals surface area (Å²) in [6, 6.07) is 0. The third-order valence-electron chi connectivity index (χ3n) is 10.8. The van der Waals surface area contributed by atoms with E-state index in [1.807, 2.05) is 6.08 Å². The van der Waals surface area contributed by atoms with Crippen molar-refractivity contribution in [3.63, 3.8) is 0 Å². The molecule has 3 saturated carbocycles. The zero-order valence-corrected chi connectivity index (χ0v) is 20.3. The van der Waals surface area contributed by atoms with Gasteiger partial charge in [-0.1, -0.05) is 52.8 Å². The molecule has 0 amide bonds. The molecule has 174 valence electrons. The molecule has 0 heterocycles. The van der Waals surface area contributed by atoms with Crippen molar-refractivity contribution in [3.8, 4) is 0 Å². The maximum absolute atomic E-state index is 12.1. The van der Waals surface area contributed by atoms with Gasteiger partial charge in [0.05, 0.1) is 12.2 Å². The fourth-order valence-electron chi connectivity index (χ4n) is 8.20. The van der Waals surface area contributed by atoms with Crippen molar-refractivity contribution < 1.29 is 15.0 Å². The molecule has 0 aromatic heterocycles. The summed E-state index contributed by atoms with van der Waals surface area (Å²) in [5.41, 5.74) is -0.854. The first-order valence-electron chi connectivity index (χ1n) is 12.8. The fraction of sp³-hybridized carbons (Fsp3) is 0.821. The number of allylic oxidation sites excluding steroid dienone is 3. The molecule has 3 heteroatoms. The molecule has 0 bridgehead atoms. The lowest BCUT2D eigenvalue weighted by molar-refractivity contribution is -0.159. The van der Waals surface area contributed by atoms with Crippen molar-refractivity contribution in [2.75, 3.05) is 6.61 Å². The van der Waals surface area contributed by atoms with Gasteiger partial charge in [-0.2, -0.15) is 0 Å². The average Bonchev–Trinajstić information content (AvgIpc) is 3.00. The Balaban J connectivity index is 1.60. The van der Waals surface area contributed by atoms with Crippen molar-refractivity contribution in [1.82, 2.24) is 0 Å². The molecule has 3 nitrogen and oxygen atoms in total. The molecule has 0 radical (unpaired) electrons. The van der Waals surface area contributed by atoms with Crippen LogP contribution in [0.4, 0.5) is 0 Å². The van der Waals surface area contributed by atoms with E-state index >= 15 is 0 Å². The highest BCUT2D eigenvalue weighted by Gasteiger charge is 2.65. The number of ketones is 1. The van der Waals surface area contributed by atoms with E-state index in [-0.39, 0.29) is 23.4 Å².